The Labute approximate surface area is 44.3 Å². The average molecular weight is 99.6 g/mol. The van der Waals surface area contributed by atoms with Gasteiger partial charge < -0.3 is 9.58 Å². The molecule has 0 N–H and O–H groups in total. The van der Waals surface area contributed by atoms with Crippen molar-refractivity contribution in [3.8, 4) is 0 Å². The van der Waals surface area contributed by atoms with Crippen LogP contribution in [-0.2, 0) is 0 Å². The van der Waals surface area contributed by atoms with Crippen LogP contribution in [-0.4, -0.2) is 27.1 Å². The molecule has 0 fully saturated rings. The first-order valence-electron chi connectivity index (χ1n) is 2.22. The van der Waals surface area contributed by atoms with Gasteiger partial charge in [-0.15, -0.1) is 0 Å². The molecule has 0 aliphatic carbocycles. The van der Waals surface area contributed by atoms with Crippen LogP contribution < -0.4 is 0 Å². The monoisotopic (exact) mass is 100 g/mol. The Morgan fingerprint density at radius 1 is 1.33 bits per heavy atom. The summed E-state index contributed by atoms with van der Waals surface area (Å²) in [5.74, 6) is 1.35. The molecule has 0 amide bonds. The quantitative estimate of drug-likeness (QED) is 0.350. The van der Waals surface area contributed by atoms with E-state index in [0.717, 1.165) is 0 Å². The molecule has 0 saturated heterocycles. The standard InChI is InChI=1S/C2H11B3S/c1-2-6(3,4)5/h2-5H2,1H3. The summed E-state index contributed by atoms with van der Waals surface area (Å²) in [5, 5.41) is 0. The van der Waals surface area contributed by atoms with Gasteiger partial charge in [-0.3, -0.25) is 0 Å². The zero-order valence-electron chi connectivity index (χ0n) is 5.12. The predicted molar refractivity (Wildman–Crippen MR) is 43.8 cm³/mol. The number of rotatable bonds is 1. The van der Waals surface area contributed by atoms with E-state index in [9.17, 15) is 0 Å². The summed E-state index contributed by atoms with van der Waals surface area (Å²) < 4.78 is 0. The van der Waals surface area contributed by atoms with Crippen LogP contribution in [0, 0.1) is 0 Å². The highest BCUT2D eigenvalue weighted by Gasteiger charge is 1.96. The molecule has 0 heterocycles. The fraction of sp³-hybridized carbons (Fsp3) is 1.00. The second-order valence-electron chi connectivity index (χ2n) is 2.38. The third kappa shape index (κ3) is 4.54. The van der Waals surface area contributed by atoms with Gasteiger partial charge in [-0.25, -0.2) is 0 Å². The highest BCUT2D eigenvalue weighted by Crippen LogP contribution is 2.28. The summed E-state index contributed by atoms with van der Waals surface area (Å²) in [4.78, 5) is 0. The molecule has 0 rings (SSSR count). The normalized spacial score (nSPS) is 14.2. The van der Waals surface area contributed by atoms with Gasteiger partial charge in [-0.05, 0) is 0 Å². The van der Waals surface area contributed by atoms with E-state index in [2.05, 4.69) is 28.3 Å². The molecule has 0 unspecified atom stereocenters. The second kappa shape index (κ2) is 2.01. The molecule has 6 heavy (non-hydrogen) atoms. The van der Waals surface area contributed by atoms with Crippen LogP contribution in [0.2, 0.25) is 0 Å². The van der Waals surface area contributed by atoms with Gasteiger partial charge in [0.2, 0.25) is 0 Å². The largest absolute Gasteiger partial charge is 0.350 e. The van der Waals surface area contributed by atoms with Crippen LogP contribution in [0.1, 0.15) is 6.92 Å². The van der Waals surface area contributed by atoms with Gasteiger partial charge in [0, 0.05) is 0 Å². The third-order valence-corrected chi connectivity index (χ3v) is 2.60. The van der Waals surface area contributed by atoms with Crippen molar-refractivity contribution in [3.05, 3.63) is 0 Å². The Kier molecular flexibility index (Phi) is 2.19. The van der Waals surface area contributed by atoms with Gasteiger partial charge in [0.1, 0.15) is 21.4 Å². The smallest absolute Gasteiger partial charge is 0.133 e. The van der Waals surface area contributed by atoms with E-state index >= 15 is 0 Å². The van der Waals surface area contributed by atoms with Crippen LogP contribution >= 0.6 is 9.58 Å². The molecule has 0 aromatic carbocycles. The minimum Gasteiger partial charge on any atom is -0.350 e. The Balaban J connectivity index is 3.17. The maximum Gasteiger partial charge on any atom is 0.133 e. The zero-order valence-corrected chi connectivity index (χ0v) is 5.93. The van der Waals surface area contributed by atoms with Crippen molar-refractivity contribution < 1.29 is 0 Å². The van der Waals surface area contributed by atoms with Gasteiger partial charge in [0.25, 0.3) is 0 Å². The van der Waals surface area contributed by atoms with Gasteiger partial charge in [-0.1, -0.05) is 12.7 Å². The fourth-order valence-corrected chi connectivity index (χ4v) is 0. The lowest BCUT2D eigenvalue weighted by molar-refractivity contribution is 1.53. The Morgan fingerprint density at radius 3 is 1.50 bits per heavy atom. The minimum atomic E-state index is -0.162. The van der Waals surface area contributed by atoms with E-state index in [-0.39, 0.29) is 9.58 Å². The lowest BCUT2D eigenvalue weighted by Gasteiger charge is -2.21. The minimum absolute atomic E-state index is 0.162. The van der Waals surface area contributed by atoms with Crippen molar-refractivity contribution >= 4 is 31.0 Å². The van der Waals surface area contributed by atoms with E-state index in [1.54, 1.807) is 0 Å². The average Bonchev–Trinajstić information content (AvgIpc) is 1.35. The highest BCUT2D eigenvalue weighted by atomic mass is 32.3. The molecule has 0 radical (unpaired) electrons. The first-order chi connectivity index (χ1) is 2.56. The van der Waals surface area contributed by atoms with E-state index in [1.807, 2.05) is 0 Å². The predicted octanol–water partition coefficient (Wildman–Crippen LogP) is -1.54. The molecule has 4 heteroatoms. The summed E-state index contributed by atoms with van der Waals surface area (Å²) in [6, 6.07) is 0. The molecule has 0 nitrogen and oxygen atoms in total. The Hall–Kier alpha value is 0.545. The number of hydrogen-bond donors (Lipinski definition) is 0. The van der Waals surface area contributed by atoms with Gasteiger partial charge >= 0.3 is 0 Å². The molecule has 34 valence electrons. The summed E-state index contributed by atoms with van der Waals surface area (Å²) >= 11 is 0. The second-order valence-corrected chi connectivity index (χ2v) is 7.14. The number of hydrogen-bond acceptors (Lipinski definition) is 0. The summed E-state index contributed by atoms with van der Waals surface area (Å²) in [6.45, 7) is 2.25. The molecular formula is C2H11B3S. The Bertz CT molecular complexity index is 38.5. The van der Waals surface area contributed by atoms with Gasteiger partial charge in [0.15, 0.2) is 0 Å². The zero-order chi connectivity index (χ0) is 5.21. The van der Waals surface area contributed by atoms with E-state index in [0.29, 0.717) is 0 Å². The van der Waals surface area contributed by atoms with Gasteiger partial charge in [-0.2, -0.15) is 0 Å². The molecule has 0 saturated carbocycles. The summed E-state index contributed by atoms with van der Waals surface area (Å²) in [7, 11) is 6.82. The SMILES string of the molecule is BS(B)(B)CC. The molecule has 0 aliphatic heterocycles. The van der Waals surface area contributed by atoms with E-state index in [1.165, 1.54) is 5.75 Å². The first kappa shape index (κ1) is 6.54. The molecule has 0 spiro atoms. The van der Waals surface area contributed by atoms with Crippen LogP contribution in [0.4, 0.5) is 0 Å². The summed E-state index contributed by atoms with van der Waals surface area (Å²) in [5.41, 5.74) is 0. The van der Waals surface area contributed by atoms with Crippen LogP contribution in [0.5, 0.6) is 0 Å². The Morgan fingerprint density at radius 2 is 1.50 bits per heavy atom. The fourth-order valence-electron chi connectivity index (χ4n) is 0. The van der Waals surface area contributed by atoms with Crippen LogP contribution in [0.15, 0.2) is 0 Å². The highest BCUT2D eigenvalue weighted by molar-refractivity contribution is 8.76. The van der Waals surface area contributed by atoms with Crippen molar-refractivity contribution in [2.24, 2.45) is 0 Å². The molecule has 0 aromatic heterocycles. The van der Waals surface area contributed by atoms with Crippen molar-refractivity contribution in [2.45, 2.75) is 6.92 Å². The topological polar surface area (TPSA) is 0 Å². The van der Waals surface area contributed by atoms with Crippen molar-refractivity contribution in [1.29, 1.82) is 0 Å². The van der Waals surface area contributed by atoms with E-state index < -0.39 is 0 Å². The molecular weight excluding hydrogens is 88.5 g/mol. The lowest BCUT2D eigenvalue weighted by atomic mass is 10.7. The lowest BCUT2D eigenvalue weighted by Crippen LogP contribution is -1.98. The van der Waals surface area contributed by atoms with Gasteiger partial charge in [0.05, 0.1) is 0 Å². The molecule has 0 aromatic rings. The third-order valence-electron chi connectivity index (χ3n) is 0.866. The van der Waals surface area contributed by atoms with Crippen LogP contribution in [0.25, 0.3) is 0 Å². The van der Waals surface area contributed by atoms with Crippen molar-refractivity contribution in [3.63, 3.8) is 0 Å². The molecule has 0 bridgehead atoms. The van der Waals surface area contributed by atoms with Crippen LogP contribution in [0.3, 0.4) is 0 Å². The first-order valence-corrected chi connectivity index (χ1v) is 5.25. The summed E-state index contributed by atoms with van der Waals surface area (Å²) in [6.07, 6.45) is 0. The maximum absolute atomic E-state index is 2.33. The molecule has 0 atom stereocenters. The van der Waals surface area contributed by atoms with E-state index in [4.69, 9.17) is 0 Å². The maximum atomic E-state index is 2.33. The van der Waals surface area contributed by atoms with Crippen molar-refractivity contribution in [1.82, 2.24) is 0 Å². The van der Waals surface area contributed by atoms with Crippen molar-refractivity contribution in [2.75, 3.05) is 5.75 Å². The molecule has 0 aliphatic rings.